The normalized spacial score (nSPS) is 12.2. The van der Waals surface area contributed by atoms with Gasteiger partial charge in [-0.05, 0) is 51.0 Å². The Morgan fingerprint density at radius 1 is 1.00 bits per heavy atom. The van der Waals surface area contributed by atoms with E-state index in [-0.39, 0.29) is 5.91 Å². The predicted octanol–water partition coefficient (Wildman–Crippen LogP) is 4.20. The van der Waals surface area contributed by atoms with E-state index in [9.17, 15) is 9.59 Å². The van der Waals surface area contributed by atoms with Crippen LogP contribution >= 0.6 is 0 Å². The van der Waals surface area contributed by atoms with E-state index < -0.39 is 17.7 Å². The molecule has 5 heteroatoms. The van der Waals surface area contributed by atoms with Gasteiger partial charge < -0.3 is 15.4 Å². The number of hydrogen-bond acceptors (Lipinski definition) is 3. The van der Waals surface area contributed by atoms with Crippen molar-refractivity contribution in [3.8, 4) is 0 Å². The highest BCUT2D eigenvalue weighted by molar-refractivity contribution is 5.97. The lowest BCUT2D eigenvalue weighted by Crippen LogP contribution is -2.40. The molecule has 1 atom stereocenters. The van der Waals surface area contributed by atoms with Crippen LogP contribution in [0.3, 0.4) is 0 Å². The minimum atomic E-state index is -0.850. The Morgan fingerprint density at radius 3 is 2.28 bits per heavy atom. The van der Waals surface area contributed by atoms with Gasteiger partial charge in [0.2, 0.25) is 0 Å². The van der Waals surface area contributed by atoms with Crippen LogP contribution in [0, 0.1) is 6.92 Å². The van der Waals surface area contributed by atoms with Crippen molar-refractivity contribution in [2.24, 2.45) is 0 Å². The first-order valence-corrected chi connectivity index (χ1v) is 8.16. The molecule has 0 aliphatic heterocycles. The molecule has 2 aromatic carbocycles. The summed E-state index contributed by atoms with van der Waals surface area (Å²) in [7, 11) is 0. The Bertz CT molecular complexity index is 736. The maximum Gasteiger partial charge on any atom is 0.408 e. The smallest absolute Gasteiger partial charge is 0.408 e. The molecule has 2 amide bonds. The third-order valence-corrected chi connectivity index (χ3v) is 3.34. The molecule has 2 N–H and O–H groups in total. The maximum atomic E-state index is 12.7. The zero-order valence-corrected chi connectivity index (χ0v) is 15.0. The molecule has 2 aromatic rings. The van der Waals surface area contributed by atoms with Crippen LogP contribution in [0.2, 0.25) is 0 Å². The number of ether oxygens (including phenoxy) is 1. The van der Waals surface area contributed by atoms with E-state index in [2.05, 4.69) is 10.6 Å². The molecule has 0 saturated carbocycles. The van der Waals surface area contributed by atoms with E-state index in [1.165, 1.54) is 0 Å². The van der Waals surface area contributed by atoms with Gasteiger partial charge in [0.15, 0.2) is 0 Å². The second-order valence-electron chi connectivity index (χ2n) is 6.85. The summed E-state index contributed by atoms with van der Waals surface area (Å²) in [5, 5.41) is 5.49. The van der Waals surface area contributed by atoms with Crippen LogP contribution in [0.15, 0.2) is 54.6 Å². The van der Waals surface area contributed by atoms with Crippen LogP contribution in [0.4, 0.5) is 10.5 Å². The van der Waals surface area contributed by atoms with Crippen molar-refractivity contribution in [1.82, 2.24) is 5.32 Å². The summed E-state index contributed by atoms with van der Waals surface area (Å²) in [4.78, 5) is 24.9. The zero-order valence-electron chi connectivity index (χ0n) is 15.0. The van der Waals surface area contributed by atoms with Crippen LogP contribution in [-0.4, -0.2) is 17.6 Å². The van der Waals surface area contributed by atoms with Gasteiger partial charge >= 0.3 is 6.09 Å². The Hall–Kier alpha value is -2.82. The van der Waals surface area contributed by atoms with Gasteiger partial charge in [-0.15, -0.1) is 0 Å². The summed E-state index contributed by atoms with van der Waals surface area (Å²) in [5.74, 6) is -0.331. The molecule has 132 valence electrons. The summed E-state index contributed by atoms with van der Waals surface area (Å²) < 4.78 is 5.28. The van der Waals surface area contributed by atoms with Crippen LogP contribution in [0.5, 0.6) is 0 Å². The van der Waals surface area contributed by atoms with E-state index in [1.807, 2.05) is 43.3 Å². The second kappa shape index (κ2) is 7.83. The second-order valence-corrected chi connectivity index (χ2v) is 6.85. The van der Waals surface area contributed by atoms with E-state index >= 15 is 0 Å². The molecule has 1 unspecified atom stereocenters. The van der Waals surface area contributed by atoms with Crippen LogP contribution in [0.1, 0.15) is 37.9 Å². The highest BCUT2D eigenvalue weighted by atomic mass is 16.6. The minimum Gasteiger partial charge on any atom is -0.444 e. The van der Waals surface area contributed by atoms with Crippen molar-refractivity contribution < 1.29 is 14.3 Å². The van der Waals surface area contributed by atoms with Gasteiger partial charge in [0.05, 0.1) is 0 Å². The molecule has 0 fully saturated rings. The monoisotopic (exact) mass is 340 g/mol. The number of rotatable bonds is 4. The molecule has 0 aliphatic rings. The molecule has 25 heavy (non-hydrogen) atoms. The van der Waals surface area contributed by atoms with Crippen LogP contribution in [-0.2, 0) is 9.53 Å². The van der Waals surface area contributed by atoms with E-state index in [0.717, 1.165) is 5.56 Å². The molecule has 0 aromatic heterocycles. The molecule has 0 heterocycles. The Balaban J connectivity index is 2.19. The topological polar surface area (TPSA) is 67.4 Å². The van der Waals surface area contributed by atoms with Crippen molar-refractivity contribution in [1.29, 1.82) is 0 Å². The van der Waals surface area contributed by atoms with Gasteiger partial charge in [0, 0.05) is 5.69 Å². The Morgan fingerprint density at radius 2 is 1.68 bits per heavy atom. The van der Waals surface area contributed by atoms with E-state index in [0.29, 0.717) is 11.3 Å². The number of hydrogen-bond donors (Lipinski definition) is 2. The maximum absolute atomic E-state index is 12.7. The third kappa shape index (κ3) is 5.95. The highest BCUT2D eigenvalue weighted by Crippen LogP contribution is 2.18. The van der Waals surface area contributed by atoms with Gasteiger partial charge in [0.1, 0.15) is 11.6 Å². The first kappa shape index (κ1) is 18.5. The molecule has 0 spiro atoms. The van der Waals surface area contributed by atoms with Crippen LogP contribution in [0.25, 0.3) is 0 Å². The van der Waals surface area contributed by atoms with Crippen molar-refractivity contribution in [2.75, 3.05) is 5.32 Å². The van der Waals surface area contributed by atoms with E-state index in [1.54, 1.807) is 39.0 Å². The molecular formula is C20H24N2O3. The quantitative estimate of drug-likeness (QED) is 0.876. The fourth-order valence-corrected chi connectivity index (χ4v) is 2.31. The largest absolute Gasteiger partial charge is 0.444 e. The molecule has 2 rings (SSSR count). The fourth-order valence-electron chi connectivity index (χ4n) is 2.31. The predicted molar refractivity (Wildman–Crippen MR) is 98.4 cm³/mol. The SMILES string of the molecule is Cc1cccc(NC(=O)C(NC(=O)OC(C)(C)C)c2ccccc2)c1. The summed E-state index contributed by atoms with van der Waals surface area (Å²) in [6.07, 6.45) is -0.638. The Kier molecular flexibility index (Phi) is 5.80. The first-order chi connectivity index (χ1) is 11.7. The summed E-state index contributed by atoms with van der Waals surface area (Å²) >= 11 is 0. The highest BCUT2D eigenvalue weighted by Gasteiger charge is 2.25. The molecule has 0 radical (unpaired) electrons. The molecule has 0 saturated heterocycles. The van der Waals surface area contributed by atoms with Crippen molar-refractivity contribution in [3.63, 3.8) is 0 Å². The van der Waals surface area contributed by atoms with Crippen molar-refractivity contribution >= 4 is 17.7 Å². The number of benzene rings is 2. The third-order valence-electron chi connectivity index (χ3n) is 3.34. The number of alkyl carbamates (subject to hydrolysis) is 1. The van der Waals surface area contributed by atoms with Crippen molar-refractivity contribution in [3.05, 3.63) is 65.7 Å². The number of carbonyl (C=O) groups is 2. The number of carbonyl (C=O) groups excluding carboxylic acids is 2. The number of anilines is 1. The number of amides is 2. The summed E-state index contributed by atoms with van der Waals surface area (Å²) in [6, 6.07) is 15.7. The van der Waals surface area contributed by atoms with Gasteiger partial charge in [0.25, 0.3) is 5.91 Å². The van der Waals surface area contributed by atoms with Crippen molar-refractivity contribution in [2.45, 2.75) is 39.3 Å². The fraction of sp³-hybridized carbons (Fsp3) is 0.300. The summed E-state index contributed by atoms with van der Waals surface area (Å²) in [5.41, 5.74) is 1.75. The van der Waals surface area contributed by atoms with Crippen LogP contribution < -0.4 is 10.6 Å². The molecular weight excluding hydrogens is 316 g/mol. The molecule has 5 nitrogen and oxygen atoms in total. The number of nitrogens with one attached hydrogen (secondary N) is 2. The Labute approximate surface area is 148 Å². The summed E-state index contributed by atoms with van der Waals surface area (Å²) in [6.45, 7) is 7.27. The molecule has 0 bridgehead atoms. The van der Waals surface area contributed by atoms with E-state index in [4.69, 9.17) is 4.74 Å². The average molecular weight is 340 g/mol. The van der Waals surface area contributed by atoms with Gasteiger partial charge in [-0.3, -0.25) is 4.79 Å². The molecule has 0 aliphatic carbocycles. The number of aryl methyl sites for hydroxylation is 1. The van der Waals surface area contributed by atoms with Gasteiger partial charge in [-0.25, -0.2) is 4.79 Å². The lowest BCUT2D eigenvalue weighted by atomic mass is 10.1. The van der Waals surface area contributed by atoms with Gasteiger partial charge in [-0.2, -0.15) is 0 Å². The zero-order chi connectivity index (χ0) is 18.4. The lowest BCUT2D eigenvalue weighted by molar-refractivity contribution is -0.118. The first-order valence-electron chi connectivity index (χ1n) is 8.16. The standard InChI is InChI=1S/C20H24N2O3/c1-14-9-8-12-16(13-14)21-18(23)17(15-10-6-5-7-11-15)22-19(24)25-20(2,3)4/h5-13,17H,1-4H3,(H,21,23)(H,22,24). The van der Waals surface area contributed by atoms with Gasteiger partial charge in [-0.1, -0.05) is 42.5 Å². The lowest BCUT2D eigenvalue weighted by Gasteiger charge is -2.23. The minimum absolute atomic E-state index is 0.331. The average Bonchev–Trinajstić information content (AvgIpc) is 2.51.